The predicted molar refractivity (Wildman–Crippen MR) is 113 cm³/mol. The largest absolute Gasteiger partial charge is 0.343 e. The number of aromatic nitrogens is 3. The third kappa shape index (κ3) is 3.32. The Balaban J connectivity index is 1.82. The van der Waals surface area contributed by atoms with Crippen molar-refractivity contribution in [2.75, 3.05) is 6.26 Å². The van der Waals surface area contributed by atoms with E-state index in [0.717, 1.165) is 23.0 Å². The van der Waals surface area contributed by atoms with Crippen LogP contribution >= 0.6 is 11.8 Å². The molecule has 0 saturated heterocycles. The van der Waals surface area contributed by atoms with Crippen LogP contribution in [0.5, 0.6) is 0 Å². The SMILES string of the molecule is CSc1nc(-c2ccc3ccn(Cc4ccc(C)cc4)c3c2)c(C#N)c(=O)[nH]1. The molecule has 0 amide bonds. The lowest BCUT2D eigenvalue weighted by Crippen LogP contribution is -2.14. The maximum absolute atomic E-state index is 12.2. The Labute approximate surface area is 166 Å². The summed E-state index contributed by atoms with van der Waals surface area (Å²) in [5, 5.41) is 11.0. The highest BCUT2D eigenvalue weighted by Gasteiger charge is 2.14. The van der Waals surface area contributed by atoms with Gasteiger partial charge in [0.25, 0.3) is 5.56 Å². The molecule has 0 aliphatic heterocycles. The number of rotatable bonds is 4. The molecule has 1 N–H and O–H groups in total. The number of fused-ring (bicyclic) bond motifs is 1. The fraction of sp³-hybridized carbons (Fsp3) is 0.136. The van der Waals surface area contributed by atoms with E-state index in [0.29, 0.717) is 10.9 Å². The fourth-order valence-electron chi connectivity index (χ4n) is 3.22. The van der Waals surface area contributed by atoms with Gasteiger partial charge in [-0.1, -0.05) is 53.7 Å². The summed E-state index contributed by atoms with van der Waals surface area (Å²) < 4.78 is 2.16. The zero-order valence-electron chi connectivity index (χ0n) is 15.6. The lowest BCUT2D eigenvalue weighted by Gasteiger charge is -2.09. The molecule has 0 fully saturated rings. The summed E-state index contributed by atoms with van der Waals surface area (Å²) in [7, 11) is 0. The van der Waals surface area contributed by atoms with E-state index in [1.165, 1.54) is 22.9 Å². The molecule has 28 heavy (non-hydrogen) atoms. The summed E-state index contributed by atoms with van der Waals surface area (Å²) in [5.41, 5.74) is 4.29. The van der Waals surface area contributed by atoms with E-state index in [1.807, 2.05) is 30.5 Å². The topological polar surface area (TPSA) is 74.5 Å². The molecule has 0 atom stereocenters. The molecule has 4 rings (SSSR count). The summed E-state index contributed by atoms with van der Waals surface area (Å²) in [5.74, 6) is 0. The number of aromatic amines is 1. The van der Waals surface area contributed by atoms with Gasteiger partial charge in [-0.25, -0.2) is 4.98 Å². The van der Waals surface area contributed by atoms with Crippen LogP contribution in [-0.2, 0) is 6.54 Å². The highest BCUT2D eigenvalue weighted by Crippen LogP contribution is 2.26. The quantitative estimate of drug-likeness (QED) is 0.418. The Morgan fingerprint density at radius 1 is 1.18 bits per heavy atom. The Hall–Kier alpha value is -3.30. The summed E-state index contributed by atoms with van der Waals surface area (Å²) in [6.07, 6.45) is 3.89. The minimum absolute atomic E-state index is 0.0359. The van der Waals surface area contributed by atoms with Gasteiger partial charge >= 0.3 is 0 Å². The van der Waals surface area contributed by atoms with Crippen molar-refractivity contribution in [2.45, 2.75) is 18.6 Å². The van der Waals surface area contributed by atoms with Crippen molar-refractivity contribution in [3.8, 4) is 17.3 Å². The number of nitriles is 1. The van der Waals surface area contributed by atoms with Gasteiger partial charge in [-0.2, -0.15) is 5.26 Å². The Morgan fingerprint density at radius 3 is 2.68 bits per heavy atom. The molecule has 0 unspecified atom stereocenters. The van der Waals surface area contributed by atoms with Crippen molar-refractivity contribution in [1.82, 2.24) is 14.5 Å². The lowest BCUT2D eigenvalue weighted by molar-refractivity contribution is 0.836. The Morgan fingerprint density at radius 2 is 1.96 bits per heavy atom. The van der Waals surface area contributed by atoms with Crippen LogP contribution in [-0.4, -0.2) is 20.8 Å². The molecule has 2 heterocycles. The van der Waals surface area contributed by atoms with Gasteiger partial charge in [-0.05, 0) is 36.3 Å². The van der Waals surface area contributed by atoms with Crippen LogP contribution in [0.1, 0.15) is 16.7 Å². The van der Waals surface area contributed by atoms with Gasteiger partial charge in [-0.3, -0.25) is 4.79 Å². The molecule has 6 heteroatoms. The number of benzene rings is 2. The summed E-state index contributed by atoms with van der Waals surface area (Å²) >= 11 is 1.34. The standard InChI is InChI=1S/C22H18N4OS/c1-14-3-5-15(6-4-14)13-26-10-9-16-7-8-17(11-19(16)26)20-18(12-23)21(27)25-22(24-20)28-2/h3-11H,13H2,1-2H3,(H,24,25,27). The van der Waals surface area contributed by atoms with Gasteiger partial charge in [0.15, 0.2) is 5.16 Å². The Bertz CT molecular complexity index is 1260. The van der Waals surface area contributed by atoms with Crippen LogP contribution in [0.4, 0.5) is 0 Å². The number of nitrogens with one attached hydrogen (secondary N) is 1. The second kappa shape index (κ2) is 7.37. The molecule has 0 saturated carbocycles. The molecule has 2 aromatic heterocycles. The minimum Gasteiger partial charge on any atom is -0.343 e. The highest BCUT2D eigenvalue weighted by atomic mass is 32.2. The molecule has 0 spiro atoms. The number of aryl methyl sites for hydroxylation is 1. The summed E-state index contributed by atoms with van der Waals surface area (Å²) in [6.45, 7) is 2.82. The second-order valence-electron chi connectivity index (χ2n) is 6.61. The normalized spacial score (nSPS) is 10.9. The van der Waals surface area contributed by atoms with Crippen LogP contribution in [0.2, 0.25) is 0 Å². The molecule has 0 aliphatic carbocycles. The predicted octanol–water partition coefficient (Wildman–Crippen LogP) is 4.34. The lowest BCUT2D eigenvalue weighted by atomic mass is 10.1. The van der Waals surface area contributed by atoms with Gasteiger partial charge in [0.1, 0.15) is 11.6 Å². The van der Waals surface area contributed by atoms with Crippen molar-refractivity contribution in [1.29, 1.82) is 5.26 Å². The monoisotopic (exact) mass is 386 g/mol. The van der Waals surface area contributed by atoms with Crippen LogP contribution in [0.15, 0.2) is 64.7 Å². The Kier molecular flexibility index (Phi) is 4.76. The molecular weight excluding hydrogens is 368 g/mol. The van der Waals surface area contributed by atoms with E-state index in [2.05, 4.69) is 58.0 Å². The van der Waals surface area contributed by atoms with Crippen LogP contribution in [0.25, 0.3) is 22.2 Å². The van der Waals surface area contributed by atoms with Crippen molar-refractivity contribution in [2.24, 2.45) is 0 Å². The number of nitrogens with zero attached hydrogens (tertiary/aromatic N) is 3. The maximum atomic E-state index is 12.2. The molecule has 2 aromatic carbocycles. The van der Waals surface area contributed by atoms with Gasteiger partial charge in [0.05, 0.1) is 5.69 Å². The zero-order chi connectivity index (χ0) is 19.7. The summed E-state index contributed by atoms with van der Waals surface area (Å²) in [6, 6.07) is 18.4. The average molecular weight is 386 g/mol. The van der Waals surface area contributed by atoms with Gasteiger partial charge in [0.2, 0.25) is 0 Å². The first-order valence-corrected chi connectivity index (χ1v) is 10.0. The van der Waals surface area contributed by atoms with Crippen LogP contribution in [0, 0.1) is 18.3 Å². The second-order valence-corrected chi connectivity index (χ2v) is 7.41. The van der Waals surface area contributed by atoms with E-state index in [9.17, 15) is 10.1 Å². The van der Waals surface area contributed by atoms with Crippen LogP contribution in [0.3, 0.4) is 0 Å². The zero-order valence-corrected chi connectivity index (χ0v) is 16.4. The average Bonchev–Trinajstić information content (AvgIpc) is 3.11. The van der Waals surface area contributed by atoms with Crippen LogP contribution < -0.4 is 5.56 Å². The molecular formula is C22H18N4OS. The minimum atomic E-state index is -0.410. The molecule has 0 radical (unpaired) electrons. The molecule has 0 aliphatic rings. The van der Waals surface area contributed by atoms with E-state index >= 15 is 0 Å². The molecule has 138 valence electrons. The molecule has 5 nitrogen and oxygen atoms in total. The third-order valence-electron chi connectivity index (χ3n) is 4.72. The molecule has 4 aromatic rings. The van der Waals surface area contributed by atoms with Gasteiger partial charge in [-0.15, -0.1) is 0 Å². The fourth-order valence-corrected chi connectivity index (χ4v) is 3.60. The van der Waals surface area contributed by atoms with Crippen molar-refractivity contribution < 1.29 is 0 Å². The third-order valence-corrected chi connectivity index (χ3v) is 5.30. The van der Waals surface area contributed by atoms with E-state index in [-0.39, 0.29) is 5.56 Å². The van der Waals surface area contributed by atoms with Gasteiger partial charge in [0, 0.05) is 23.8 Å². The first-order chi connectivity index (χ1) is 13.6. The van der Waals surface area contributed by atoms with Crippen molar-refractivity contribution >= 4 is 22.7 Å². The number of thioether (sulfide) groups is 1. The van der Waals surface area contributed by atoms with E-state index in [1.54, 1.807) is 0 Å². The molecule has 0 bridgehead atoms. The highest BCUT2D eigenvalue weighted by molar-refractivity contribution is 7.98. The number of hydrogen-bond donors (Lipinski definition) is 1. The number of H-pyrrole nitrogens is 1. The van der Waals surface area contributed by atoms with Crippen molar-refractivity contribution in [3.63, 3.8) is 0 Å². The first-order valence-electron chi connectivity index (χ1n) is 8.82. The first kappa shape index (κ1) is 18.1. The van der Waals surface area contributed by atoms with E-state index in [4.69, 9.17) is 0 Å². The maximum Gasteiger partial charge on any atom is 0.270 e. The van der Waals surface area contributed by atoms with Gasteiger partial charge < -0.3 is 9.55 Å². The van der Waals surface area contributed by atoms with E-state index < -0.39 is 5.56 Å². The summed E-state index contributed by atoms with van der Waals surface area (Å²) in [4.78, 5) is 19.4. The number of hydrogen-bond acceptors (Lipinski definition) is 4. The van der Waals surface area contributed by atoms with Crippen molar-refractivity contribution in [3.05, 3.63) is 81.8 Å². The smallest absolute Gasteiger partial charge is 0.270 e.